The van der Waals surface area contributed by atoms with Crippen LogP contribution in [0.2, 0.25) is 0 Å². The summed E-state index contributed by atoms with van der Waals surface area (Å²) in [5, 5.41) is 21.2. The fourth-order valence-electron chi connectivity index (χ4n) is 2.63. The molecule has 0 bridgehead atoms. The second kappa shape index (κ2) is 5.02. The minimum absolute atomic E-state index is 0.116. The first-order valence-corrected chi connectivity index (χ1v) is 6.51. The van der Waals surface area contributed by atoms with Crippen molar-refractivity contribution in [3.05, 3.63) is 0 Å². The molecule has 2 heterocycles. The maximum absolute atomic E-state index is 12.0. The van der Waals surface area contributed by atoms with Crippen molar-refractivity contribution in [3.63, 3.8) is 0 Å². The lowest BCUT2D eigenvalue weighted by Gasteiger charge is -2.23. The summed E-state index contributed by atoms with van der Waals surface area (Å²) in [5.41, 5.74) is -0.923. The number of carboxylic acid groups (broad SMARTS) is 1. The van der Waals surface area contributed by atoms with E-state index in [1.165, 1.54) is 0 Å². The molecule has 3 N–H and O–H groups in total. The fourth-order valence-corrected chi connectivity index (χ4v) is 2.63. The van der Waals surface area contributed by atoms with Crippen LogP contribution in [0.3, 0.4) is 0 Å². The molecule has 2 rings (SSSR count). The van der Waals surface area contributed by atoms with Gasteiger partial charge in [0, 0.05) is 26.1 Å². The molecule has 0 aromatic carbocycles. The Morgan fingerprint density at radius 1 is 1.40 bits per heavy atom. The quantitative estimate of drug-likeness (QED) is 0.562. The summed E-state index contributed by atoms with van der Waals surface area (Å²) in [6.45, 7) is 3.83. The van der Waals surface area contributed by atoms with Gasteiger partial charge in [-0.1, -0.05) is 0 Å². The number of hydrogen-bond acceptors (Lipinski definition) is 5. The van der Waals surface area contributed by atoms with E-state index in [2.05, 4.69) is 5.32 Å². The van der Waals surface area contributed by atoms with Gasteiger partial charge in [-0.25, -0.2) is 4.79 Å². The molecule has 2 atom stereocenters. The van der Waals surface area contributed by atoms with Crippen LogP contribution in [0, 0.1) is 0 Å². The van der Waals surface area contributed by atoms with Gasteiger partial charge in [-0.3, -0.25) is 19.4 Å². The van der Waals surface area contributed by atoms with E-state index in [1.807, 2.05) is 0 Å². The Labute approximate surface area is 116 Å². The largest absolute Gasteiger partial charge is 0.480 e. The zero-order valence-electron chi connectivity index (χ0n) is 11.5. The van der Waals surface area contributed by atoms with E-state index in [-0.39, 0.29) is 32.0 Å². The van der Waals surface area contributed by atoms with Crippen LogP contribution in [0.25, 0.3) is 0 Å². The Kier molecular flexibility index (Phi) is 3.70. The van der Waals surface area contributed by atoms with Crippen molar-refractivity contribution in [3.8, 4) is 0 Å². The second-order valence-corrected chi connectivity index (χ2v) is 5.75. The number of carboxylic acids is 1. The van der Waals surface area contributed by atoms with Crippen LogP contribution in [0.5, 0.6) is 0 Å². The summed E-state index contributed by atoms with van der Waals surface area (Å²) in [7, 11) is 0. The first kappa shape index (κ1) is 14.7. The maximum atomic E-state index is 12.0. The number of rotatable bonds is 4. The maximum Gasteiger partial charge on any atom is 0.325 e. The van der Waals surface area contributed by atoms with E-state index in [1.54, 1.807) is 18.7 Å². The Morgan fingerprint density at radius 3 is 2.55 bits per heavy atom. The summed E-state index contributed by atoms with van der Waals surface area (Å²) in [4.78, 5) is 37.4. The number of likely N-dealkylation sites (tertiary alicyclic amines) is 1. The van der Waals surface area contributed by atoms with Crippen LogP contribution in [-0.4, -0.2) is 75.2 Å². The number of β-amino-alcohol motifs (C(OH)–C–C–N with tert-alkyl or cyclic N) is 1. The minimum atomic E-state index is -1.00. The molecular weight excluding hydrogens is 266 g/mol. The number of aliphatic carboxylic acids is 1. The van der Waals surface area contributed by atoms with Crippen molar-refractivity contribution in [2.24, 2.45) is 0 Å². The van der Waals surface area contributed by atoms with E-state index in [9.17, 15) is 19.5 Å². The number of nitrogens with zero attached hydrogens (tertiary/aromatic N) is 2. The molecule has 112 valence electrons. The smallest absolute Gasteiger partial charge is 0.325 e. The van der Waals surface area contributed by atoms with Crippen molar-refractivity contribution < 1.29 is 24.6 Å². The third-order valence-electron chi connectivity index (χ3n) is 3.72. The van der Waals surface area contributed by atoms with E-state index < -0.39 is 29.7 Å². The summed E-state index contributed by atoms with van der Waals surface area (Å²) in [6.07, 6.45) is -0.517. The first-order valence-electron chi connectivity index (χ1n) is 6.51. The highest BCUT2D eigenvalue weighted by Crippen LogP contribution is 2.20. The lowest BCUT2D eigenvalue weighted by molar-refractivity contribution is -0.142. The Morgan fingerprint density at radius 2 is 2.05 bits per heavy atom. The van der Waals surface area contributed by atoms with Crippen molar-refractivity contribution in [2.45, 2.75) is 38.0 Å². The molecule has 0 aromatic rings. The number of aliphatic hydroxyl groups is 1. The van der Waals surface area contributed by atoms with Crippen molar-refractivity contribution in [1.29, 1.82) is 0 Å². The SMILES string of the molecule is CC1(C)NC(=O)N(CCN2CC(O)CC2C(=O)O)C1=O. The van der Waals surface area contributed by atoms with Crippen molar-refractivity contribution in [1.82, 2.24) is 15.1 Å². The molecule has 8 heteroatoms. The van der Waals surface area contributed by atoms with Crippen LogP contribution in [0.15, 0.2) is 0 Å². The van der Waals surface area contributed by atoms with Gasteiger partial charge in [0.2, 0.25) is 0 Å². The van der Waals surface area contributed by atoms with Crippen LogP contribution in [0.4, 0.5) is 4.79 Å². The van der Waals surface area contributed by atoms with Gasteiger partial charge in [0.05, 0.1) is 6.10 Å². The van der Waals surface area contributed by atoms with E-state index in [4.69, 9.17) is 5.11 Å². The zero-order chi connectivity index (χ0) is 15.1. The van der Waals surface area contributed by atoms with Gasteiger partial charge < -0.3 is 15.5 Å². The average molecular weight is 285 g/mol. The van der Waals surface area contributed by atoms with Gasteiger partial charge in [-0.2, -0.15) is 0 Å². The first-order chi connectivity index (χ1) is 9.22. The molecule has 0 saturated carbocycles. The number of amides is 3. The van der Waals surface area contributed by atoms with Crippen LogP contribution < -0.4 is 5.32 Å². The molecule has 0 spiro atoms. The molecular formula is C12H19N3O5. The number of nitrogens with one attached hydrogen (secondary N) is 1. The highest BCUT2D eigenvalue weighted by Gasteiger charge is 2.44. The van der Waals surface area contributed by atoms with Gasteiger partial charge in [-0.15, -0.1) is 0 Å². The summed E-state index contributed by atoms with van der Waals surface area (Å²) in [6, 6.07) is -1.23. The van der Waals surface area contributed by atoms with Crippen LogP contribution in [0.1, 0.15) is 20.3 Å². The number of urea groups is 1. The number of carbonyl (C=O) groups is 3. The van der Waals surface area contributed by atoms with E-state index in [0.29, 0.717) is 0 Å². The van der Waals surface area contributed by atoms with Crippen molar-refractivity contribution >= 4 is 17.9 Å². The van der Waals surface area contributed by atoms with Gasteiger partial charge in [0.15, 0.2) is 0 Å². The highest BCUT2D eigenvalue weighted by molar-refractivity contribution is 6.06. The molecule has 2 aliphatic rings. The molecule has 2 saturated heterocycles. The predicted octanol–water partition coefficient (Wildman–Crippen LogP) is -1.16. The van der Waals surface area contributed by atoms with Crippen molar-refractivity contribution in [2.75, 3.05) is 19.6 Å². The third-order valence-corrected chi connectivity index (χ3v) is 3.72. The Bertz CT molecular complexity index is 450. The molecule has 3 amide bonds. The number of carbonyl (C=O) groups excluding carboxylic acids is 2. The molecule has 0 aromatic heterocycles. The number of imide groups is 1. The molecule has 0 aliphatic carbocycles. The summed E-state index contributed by atoms with van der Waals surface area (Å²) < 4.78 is 0. The second-order valence-electron chi connectivity index (χ2n) is 5.75. The monoisotopic (exact) mass is 285 g/mol. The van der Waals surface area contributed by atoms with Crippen LogP contribution >= 0.6 is 0 Å². The molecule has 2 aliphatic heterocycles. The topological polar surface area (TPSA) is 110 Å². The van der Waals surface area contributed by atoms with Crippen LogP contribution in [-0.2, 0) is 9.59 Å². The van der Waals surface area contributed by atoms with Gasteiger partial charge >= 0.3 is 12.0 Å². The summed E-state index contributed by atoms with van der Waals surface area (Å²) >= 11 is 0. The molecule has 2 unspecified atom stereocenters. The standard InChI is InChI=1S/C12H19N3O5/c1-12(2)10(19)15(11(20)13-12)4-3-14-6-7(16)5-8(14)9(17)18/h7-8,16H,3-6H2,1-2H3,(H,13,20)(H,17,18). The van der Waals surface area contributed by atoms with E-state index in [0.717, 1.165) is 4.90 Å². The summed E-state index contributed by atoms with van der Waals surface area (Å²) in [5.74, 6) is -1.33. The lowest BCUT2D eigenvalue weighted by atomic mass is 10.1. The van der Waals surface area contributed by atoms with Gasteiger partial charge in [0.25, 0.3) is 5.91 Å². The highest BCUT2D eigenvalue weighted by atomic mass is 16.4. The zero-order valence-corrected chi connectivity index (χ0v) is 11.5. The molecule has 2 fully saturated rings. The molecule has 8 nitrogen and oxygen atoms in total. The molecule has 0 radical (unpaired) electrons. The normalized spacial score (nSPS) is 29.9. The average Bonchev–Trinajstić information content (AvgIpc) is 2.77. The fraction of sp³-hybridized carbons (Fsp3) is 0.750. The molecule has 20 heavy (non-hydrogen) atoms. The third kappa shape index (κ3) is 2.61. The predicted molar refractivity (Wildman–Crippen MR) is 67.9 cm³/mol. The van der Waals surface area contributed by atoms with Gasteiger partial charge in [0.1, 0.15) is 11.6 Å². The number of aliphatic hydroxyl groups excluding tert-OH is 1. The minimum Gasteiger partial charge on any atom is -0.480 e. The van der Waals surface area contributed by atoms with Gasteiger partial charge in [-0.05, 0) is 13.8 Å². The van der Waals surface area contributed by atoms with E-state index >= 15 is 0 Å². The number of hydrogen-bond donors (Lipinski definition) is 3. The lowest BCUT2D eigenvalue weighted by Crippen LogP contribution is -2.44. The Hall–Kier alpha value is -1.67. The Balaban J connectivity index is 1.97.